The normalized spacial score (nSPS) is 10.2. The van der Waals surface area contributed by atoms with E-state index in [9.17, 15) is 9.59 Å². The highest BCUT2D eigenvalue weighted by Crippen LogP contribution is 2.16. The predicted octanol–water partition coefficient (Wildman–Crippen LogP) is 1.92. The Kier molecular flexibility index (Phi) is 5.19. The van der Waals surface area contributed by atoms with Crippen LogP contribution in [0, 0.1) is 0 Å². The smallest absolute Gasteiger partial charge is 0.261 e. The number of anilines is 1. The molecule has 2 aromatic rings. The number of hydrogen-bond donors (Lipinski definition) is 2. The van der Waals surface area contributed by atoms with E-state index in [4.69, 9.17) is 0 Å². The van der Waals surface area contributed by atoms with E-state index >= 15 is 0 Å². The molecule has 0 fully saturated rings. The van der Waals surface area contributed by atoms with Gasteiger partial charge in [0.05, 0.1) is 11.4 Å². The monoisotopic (exact) mass is 310 g/mol. The van der Waals surface area contributed by atoms with Gasteiger partial charge in [-0.3, -0.25) is 14.9 Å². The zero-order valence-corrected chi connectivity index (χ0v) is 12.5. The van der Waals surface area contributed by atoms with E-state index in [0.717, 1.165) is 17.8 Å². The second kappa shape index (κ2) is 7.11. The van der Waals surface area contributed by atoms with Crippen LogP contribution in [0.25, 0.3) is 0 Å². The highest BCUT2D eigenvalue weighted by Gasteiger charge is 2.10. The largest absolute Gasteiger partial charge is 0.342 e. The Bertz CT molecular complexity index is 580. The van der Waals surface area contributed by atoms with Crippen molar-refractivity contribution < 1.29 is 9.59 Å². The molecule has 2 amide bonds. The minimum absolute atomic E-state index is 0.0839. The third-order valence-corrected chi connectivity index (χ3v) is 4.10. The Hall–Kier alpha value is -1.80. The van der Waals surface area contributed by atoms with Crippen molar-refractivity contribution in [2.75, 3.05) is 11.9 Å². The Morgan fingerprint density at radius 3 is 2.90 bits per heavy atom. The molecule has 2 aromatic heterocycles. The molecule has 2 rings (SSSR count). The van der Waals surface area contributed by atoms with Crippen LogP contribution < -0.4 is 10.6 Å². The summed E-state index contributed by atoms with van der Waals surface area (Å²) in [6.45, 7) is 1.97. The van der Waals surface area contributed by atoms with Crippen molar-refractivity contribution in [3.63, 3.8) is 0 Å². The summed E-state index contributed by atoms with van der Waals surface area (Å²) in [6, 6.07) is 3.50. The van der Waals surface area contributed by atoms with Gasteiger partial charge in [-0.25, -0.2) is 0 Å². The molecule has 0 aliphatic carbocycles. The van der Waals surface area contributed by atoms with Crippen molar-refractivity contribution in [3.8, 4) is 0 Å². The molecule has 6 nitrogen and oxygen atoms in total. The summed E-state index contributed by atoms with van der Waals surface area (Å²) in [7, 11) is 0. The summed E-state index contributed by atoms with van der Waals surface area (Å²) in [4.78, 5) is 23.9. The third kappa shape index (κ3) is 4.10. The van der Waals surface area contributed by atoms with E-state index < -0.39 is 0 Å². The quantitative estimate of drug-likeness (QED) is 0.854. The van der Waals surface area contributed by atoms with E-state index in [1.165, 1.54) is 22.7 Å². The molecule has 8 heteroatoms. The van der Waals surface area contributed by atoms with Crippen LogP contribution in [0.4, 0.5) is 5.13 Å². The van der Waals surface area contributed by atoms with Gasteiger partial charge in [-0.1, -0.05) is 24.3 Å². The molecule has 0 aromatic carbocycles. The summed E-state index contributed by atoms with van der Waals surface area (Å²) in [5, 5.41) is 16.2. The summed E-state index contributed by atoms with van der Waals surface area (Å²) < 4.78 is 0. The fourth-order valence-electron chi connectivity index (χ4n) is 1.44. The average Bonchev–Trinajstić information content (AvgIpc) is 3.08. The van der Waals surface area contributed by atoms with E-state index in [-0.39, 0.29) is 18.4 Å². The molecular weight excluding hydrogens is 296 g/mol. The number of aryl methyl sites for hydroxylation is 1. The molecule has 0 aliphatic rings. The zero-order valence-electron chi connectivity index (χ0n) is 10.9. The summed E-state index contributed by atoms with van der Waals surface area (Å²) in [5.41, 5.74) is 0. The van der Waals surface area contributed by atoms with Gasteiger partial charge in [-0.15, -0.1) is 21.5 Å². The molecule has 0 saturated heterocycles. The minimum atomic E-state index is -0.311. The Morgan fingerprint density at radius 1 is 1.35 bits per heavy atom. The highest BCUT2D eigenvalue weighted by atomic mass is 32.1. The SMILES string of the molecule is CCCc1nnc(NC(=O)CNC(=O)c2cccs2)s1. The van der Waals surface area contributed by atoms with Gasteiger partial charge in [0.25, 0.3) is 5.91 Å². The second-order valence-corrected chi connectivity index (χ2v) is 5.97. The number of carbonyl (C=O) groups is 2. The van der Waals surface area contributed by atoms with Crippen LogP contribution in [0.3, 0.4) is 0 Å². The van der Waals surface area contributed by atoms with Crippen molar-refractivity contribution >= 4 is 39.6 Å². The van der Waals surface area contributed by atoms with Gasteiger partial charge in [0.1, 0.15) is 5.01 Å². The molecule has 2 heterocycles. The number of carbonyl (C=O) groups excluding carboxylic acids is 2. The standard InChI is InChI=1S/C12H14N4O2S2/c1-2-4-10-15-16-12(20-10)14-9(17)7-13-11(18)8-5-3-6-19-8/h3,5-6H,2,4,7H2,1H3,(H,13,18)(H,14,16,17). The first-order chi connectivity index (χ1) is 9.69. The van der Waals surface area contributed by atoms with Crippen LogP contribution in [0.2, 0.25) is 0 Å². The Labute approximate surface area is 124 Å². The van der Waals surface area contributed by atoms with Gasteiger partial charge < -0.3 is 5.32 Å². The van der Waals surface area contributed by atoms with Gasteiger partial charge in [0.2, 0.25) is 11.0 Å². The maximum Gasteiger partial charge on any atom is 0.261 e. The third-order valence-electron chi connectivity index (χ3n) is 2.33. The van der Waals surface area contributed by atoms with E-state index in [0.29, 0.717) is 10.0 Å². The van der Waals surface area contributed by atoms with Crippen molar-refractivity contribution in [3.05, 3.63) is 27.4 Å². The minimum Gasteiger partial charge on any atom is -0.342 e. The molecule has 106 valence electrons. The number of thiophene rings is 1. The van der Waals surface area contributed by atoms with Crippen LogP contribution in [0.5, 0.6) is 0 Å². The maximum atomic E-state index is 11.7. The van der Waals surface area contributed by atoms with Crippen LogP contribution >= 0.6 is 22.7 Å². The van der Waals surface area contributed by atoms with E-state index in [1.54, 1.807) is 12.1 Å². The number of rotatable bonds is 6. The number of aromatic nitrogens is 2. The lowest BCUT2D eigenvalue weighted by Gasteiger charge is -2.02. The molecule has 0 radical (unpaired) electrons. The summed E-state index contributed by atoms with van der Waals surface area (Å²) in [6.07, 6.45) is 1.84. The number of nitrogens with zero attached hydrogens (tertiary/aromatic N) is 2. The predicted molar refractivity (Wildman–Crippen MR) is 79.2 cm³/mol. The molecule has 0 saturated carbocycles. The Morgan fingerprint density at radius 2 is 2.20 bits per heavy atom. The first-order valence-corrected chi connectivity index (χ1v) is 7.82. The fraction of sp³-hybridized carbons (Fsp3) is 0.333. The fourth-order valence-corrected chi connectivity index (χ4v) is 2.94. The zero-order chi connectivity index (χ0) is 14.4. The van der Waals surface area contributed by atoms with Crippen LogP contribution in [-0.4, -0.2) is 28.6 Å². The molecule has 0 atom stereocenters. The van der Waals surface area contributed by atoms with Crippen molar-refractivity contribution in [2.45, 2.75) is 19.8 Å². The first kappa shape index (κ1) is 14.6. The summed E-state index contributed by atoms with van der Waals surface area (Å²) in [5.74, 6) is -0.562. The number of amides is 2. The second-order valence-electron chi connectivity index (χ2n) is 3.96. The molecular formula is C12H14N4O2S2. The van der Waals surface area contributed by atoms with Crippen molar-refractivity contribution in [1.29, 1.82) is 0 Å². The Balaban J connectivity index is 1.78. The van der Waals surface area contributed by atoms with Crippen LogP contribution in [0.15, 0.2) is 17.5 Å². The maximum absolute atomic E-state index is 11.7. The number of hydrogen-bond acceptors (Lipinski definition) is 6. The van der Waals surface area contributed by atoms with Crippen LogP contribution in [0.1, 0.15) is 28.0 Å². The first-order valence-electron chi connectivity index (χ1n) is 6.13. The molecule has 0 aliphatic heterocycles. The van der Waals surface area contributed by atoms with Crippen molar-refractivity contribution in [2.24, 2.45) is 0 Å². The van der Waals surface area contributed by atoms with Gasteiger partial charge in [-0.2, -0.15) is 0 Å². The highest BCUT2D eigenvalue weighted by molar-refractivity contribution is 7.15. The lowest BCUT2D eigenvalue weighted by Crippen LogP contribution is -2.32. The van der Waals surface area contributed by atoms with Gasteiger partial charge in [0.15, 0.2) is 0 Å². The lowest BCUT2D eigenvalue weighted by atomic mass is 10.4. The van der Waals surface area contributed by atoms with Crippen LogP contribution in [-0.2, 0) is 11.2 Å². The molecule has 2 N–H and O–H groups in total. The van der Waals surface area contributed by atoms with Gasteiger partial charge in [0, 0.05) is 6.42 Å². The number of nitrogens with one attached hydrogen (secondary N) is 2. The van der Waals surface area contributed by atoms with Gasteiger partial charge in [-0.05, 0) is 17.9 Å². The van der Waals surface area contributed by atoms with E-state index in [1.807, 2.05) is 5.38 Å². The van der Waals surface area contributed by atoms with E-state index in [2.05, 4.69) is 27.8 Å². The van der Waals surface area contributed by atoms with Crippen molar-refractivity contribution in [1.82, 2.24) is 15.5 Å². The lowest BCUT2D eigenvalue weighted by molar-refractivity contribution is -0.115. The van der Waals surface area contributed by atoms with Gasteiger partial charge >= 0.3 is 0 Å². The molecule has 20 heavy (non-hydrogen) atoms. The molecule has 0 unspecified atom stereocenters. The summed E-state index contributed by atoms with van der Waals surface area (Å²) >= 11 is 2.68. The average molecular weight is 310 g/mol. The topological polar surface area (TPSA) is 84.0 Å². The molecule has 0 bridgehead atoms. The molecule has 0 spiro atoms.